The molecule has 0 aliphatic heterocycles. The second-order valence-electron chi connectivity index (χ2n) is 4.54. The first-order valence-electron chi connectivity index (χ1n) is 6.97. The first-order chi connectivity index (χ1) is 11.1. The lowest BCUT2D eigenvalue weighted by Crippen LogP contribution is -2.26. The number of benzene rings is 1. The van der Waals surface area contributed by atoms with Gasteiger partial charge in [-0.3, -0.25) is 4.79 Å². The Morgan fingerprint density at radius 1 is 1.35 bits per heavy atom. The summed E-state index contributed by atoms with van der Waals surface area (Å²) in [5, 5.41) is 14.5. The van der Waals surface area contributed by atoms with E-state index in [1.807, 2.05) is 6.07 Å². The quantitative estimate of drug-likeness (QED) is 0.248. The van der Waals surface area contributed by atoms with E-state index in [9.17, 15) is 9.59 Å². The normalized spacial score (nSPS) is 10.6. The minimum Gasteiger partial charge on any atom is -0.465 e. The molecule has 122 valence electrons. The first kappa shape index (κ1) is 18.5. The lowest BCUT2D eigenvalue weighted by molar-refractivity contribution is -0.117. The van der Waals surface area contributed by atoms with E-state index < -0.39 is 11.9 Å². The summed E-state index contributed by atoms with van der Waals surface area (Å²) in [7, 11) is 1.32. The standard InChI is InChI=1S/C16H18ClN3O3/c1-23-16(22)13-5-3-12(4-6-13)10-19-11-14(9-18)15(21)20-8-2-7-17/h3-6,11,19H,2,7-8,10H2,1H3,(H,20,21)/b14-11-. The number of amides is 1. The highest BCUT2D eigenvalue weighted by atomic mass is 35.5. The van der Waals surface area contributed by atoms with Gasteiger partial charge >= 0.3 is 5.97 Å². The van der Waals surface area contributed by atoms with Gasteiger partial charge in [-0.1, -0.05) is 12.1 Å². The van der Waals surface area contributed by atoms with Crippen LogP contribution in [0.5, 0.6) is 0 Å². The van der Waals surface area contributed by atoms with E-state index in [0.717, 1.165) is 5.56 Å². The van der Waals surface area contributed by atoms with Crippen LogP contribution in [0, 0.1) is 11.3 Å². The summed E-state index contributed by atoms with van der Waals surface area (Å²) in [5.41, 5.74) is 1.35. The molecule has 0 atom stereocenters. The molecule has 0 spiro atoms. The van der Waals surface area contributed by atoms with Gasteiger partial charge in [0.05, 0.1) is 12.7 Å². The zero-order valence-corrected chi connectivity index (χ0v) is 13.5. The van der Waals surface area contributed by atoms with Crippen LogP contribution in [-0.4, -0.2) is 31.4 Å². The molecule has 0 aliphatic carbocycles. The Balaban J connectivity index is 2.54. The molecule has 7 heteroatoms. The Morgan fingerprint density at radius 2 is 2.04 bits per heavy atom. The number of ether oxygens (including phenoxy) is 1. The Bertz CT molecular complexity index is 606. The lowest BCUT2D eigenvalue weighted by atomic mass is 10.1. The molecule has 0 fully saturated rings. The van der Waals surface area contributed by atoms with Crippen molar-refractivity contribution in [2.24, 2.45) is 0 Å². The van der Waals surface area contributed by atoms with Crippen molar-refractivity contribution < 1.29 is 14.3 Å². The number of rotatable bonds is 8. The number of carbonyl (C=O) groups excluding carboxylic acids is 2. The molecule has 1 aromatic carbocycles. The molecule has 0 saturated carbocycles. The first-order valence-corrected chi connectivity index (χ1v) is 7.51. The Labute approximate surface area is 140 Å². The summed E-state index contributed by atoms with van der Waals surface area (Å²) in [6, 6.07) is 8.67. The third-order valence-corrected chi connectivity index (χ3v) is 3.16. The van der Waals surface area contributed by atoms with E-state index in [1.54, 1.807) is 24.3 Å². The van der Waals surface area contributed by atoms with Crippen molar-refractivity contribution in [1.82, 2.24) is 10.6 Å². The van der Waals surface area contributed by atoms with Crippen LogP contribution < -0.4 is 10.6 Å². The van der Waals surface area contributed by atoms with Crippen LogP contribution in [0.3, 0.4) is 0 Å². The molecule has 23 heavy (non-hydrogen) atoms. The Kier molecular flexibility index (Phi) is 8.25. The van der Waals surface area contributed by atoms with Crippen LogP contribution in [-0.2, 0) is 16.1 Å². The van der Waals surface area contributed by atoms with E-state index in [4.69, 9.17) is 16.9 Å². The molecule has 0 aliphatic rings. The van der Waals surface area contributed by atoms with Gasteiger partial charge in [-0.25, -0.2) is 4.79 Å². The third kappa shape index (κ3) is 6.41. The van der Waals surface area contributed by atoms with Gasteiger partial charge in [0, 0.05) is 25.2 Å². The molecule has 0 saturated heterocycles. The number of hydrogen-bond donors (Lipinski definition) is 2. The highest BCUT2D eigenvalue weighted by Crippen LogP contribution is 2.05. The second kappa shape index (κ2) is 10.2. The zero-order valence-electron chi connectivity index (χ0n) is 12.8. The van der Waals surface area contributed by atoms with Gasteiger partial charge in [-0.15, -0.1) is 11.6 Å². The Morgan fingerprint density at radius 3 is 2.61 bits per heavy atom. The van der Waals surface area contributed by atoms with Crippen molar-refractivity contribution in [3.63, 3.8) is 0 Å². The Hall–Kier alpha value is -2.52. The monoisotopic (exact) mass is 335 g/mol. The van der Waals surface area contributed by atoms with Crippen molar-refractivity contribution in [2.45, 2.75) is 13.0 Å². The van der Waals surface area contributed by atoms with Gasteiger partial charge in [-0.2, -0.15) is 5.26 Å². The van der Waals surface area contributed by atoms with Gasteiger partial charge < -0.3 is 15.4 Å². The molecule has 0 radical (unpaired) electrons. The van der Waals surface area contributed by atoms with E-state index in [-0.39, 0.29) is 5.57 Å². The fourth-order valence-corrected chi connectivity index (χ4v) is 1.79. The fraction of sp³-hybridized carbons (Fsp3) is 0.312. The average molecular weight is 336 g/mol. The molecular weight excluding hydrogens is 318 g/mol. The third-order valence-electron chi connectivity index (χ3n) is 2.89. The van der Waals surface area contributed by atoms with Gasteiger partial charge in [0.1, 0.15) is 11.6 Å². The fourth-order valence-electron chi connectivity index (χ4n) is 1.66. The predicted molar refractivity (Wildman–Crippen MR) is 86.7 cm³/mol. The van der Waals surface area contributed by atoms with Crippen LogP contribution >= 0.6 is 11.6 Å². The van der Waals surface area contributed by atoms with Crippen LogP contribution in [0.25, 0.3) is 0 Å². The summed E-state index contributed by atoms with van der Waals surface area (Å²) >= 11 is 5.52. The SMILES string of the molecule is COC(=O)c1ccc(CN/C=C(/C#N)C(=O)NCCCCl)cc1. The summed E-state index contributed by atoms with van der Waals surface area (Å²) in [5.74, 6) is -0.387. The number of nitriles is 1. The van der Waals surface area contributed by atoms with Crippen LogP contribution in [0.4, 0.5) is 0 Å². The highest BCUT2D eigenvalue weighted by molar-refractivity contribution is 6.17. The minimum absolute atomic E-state index is 0.00856. The van der Waals surface area contributed by atoms with Crippen molar-refractivity contribution in [3.05, 3.63) is 47.2 Å². The molecule has 1 rings (SSSR count). The molecule has 2 N–H and O–H groups in total. The number of carbonyl (C=O) groups is 2. The van der Waals surface area contributed by atoms with Gasteiger partial charge in [-0.05, 0) is 24.1 Å². The molecular formula is C16H18ClN3O3. The van der Waals surface area contributed by atoms with E-state index in [2.05, 4.69) is 15.4 Å². The maximum Gasteiger partial charge on any atom is 0.337 e. The van der Waals surface area contributed by atoms with E-state index >= 15 is 0 Å². The maximum atomic E-state index is 11.7. The number of methoxy groups -OCH3 is 1. The largest absolute Gasteiger partial charge is 0.465 e. The number of alkyl halides is 1. The van der Waals surface area contributed by atoms with Crippen molar-refractivity contribution in [1.29, 1.82) is 5.26 Å². The van der Waals surface area contributed by atoms with Crippen molar-refractivity contribution >= 4 is 23.5 Å². The molecule has 6 nitrogen and oxygen atoms in total. The van der Waals surface area contributed by atoms with Crippen molar-refractivity contribution in [3.8, 4) is 6.07 Å². The minimum atomic E-state index is -0.439. The highest BCUT2D eigenvalue weighted by Gasteiger charge is 2.07. The molecule has 1 aromatic rings. The molecule has 0 aromatic heterocycles. The zero-order chi connectivity index (χ0) is 17.1. The van der Waals surface area contributed by atoms with Gasteiger partial charge in [0.15, 0.2) is 0 Å². The summed E-state index contributed by atoms with van der Waals surface area (Å²) in [4.78, 5) is 23.0. The van der Waals surface area contributed by atoms with Gasteiger partial charge in [0.2, 0.25) is 0 Å². The molecule has 0 heterocycles. The number of hydrogen-bond acceptors (Lipinski definition) is 5. The maximum absolute atomic E-state index is 11.7. The lowest BCUT2D eigenvalue weighted by Gasteiger charge is -2.05. The van der Waals surface area contributed by atoms with E-state index in [1.165, 1.54) is 13.3 Å². The topological polar surface area (TPSA) is 91.2 Å². The second-order valence-corrected chi connectivity index (χ2v) is 4.92. The summed E-state index contributed by atoms with van der Waals surface area (Å²) < 4.78 is 4.62. The number of nitrogens with one attached hydrogen (secondary N) is 2. The van der Waals surface area contributed by atoms with Crippen LogP contribution in [0.15, 0.2) is 36.0 Å². The average Bonchev–Trinajstić information content (AvgIpc) is 2.58. The molecule has 0 unspecified atom stereocenters. The van der Waals surface area contributed by atoms with Crippen LogP contribution in [0.1, 0.15) is 22.3 Å². The number of nitrogens with zero attached hydrogens (tertiary/aromatic N) is 1. The van der Waals surface area contributed by atoms with Gasteiger partial charge in [0.25, 0.3) is 5.91 Å². The predicted octanol–water partition coefficient (Wildman–Crippen LogP) is 1.72. The van der Waals surface area contributed by atoms with Crippen LogP contribution in [0.2, 0.25) is 0 Å². The number of halogens is 1. The van der Waals surface area contributed by atoms with E-state index in [0.29, 0.717) is 31.0 Å². The smallest absolute Gasteiger partial charge is 0.337 e. The van der Waals surface area contributed by atoms with Crippen molar-refractivity contribution in [2.75, 3.05) is 19.5 Å². The molecule has 1 amide bonds. The summed E-state index contributed by atoms with van der Waals surface area (Å²) in [6.45, 7) is 0.845. The summed E-state index contributed by atoms with van der Waals surface area (Å²) in [6.07, 6.45) is 2.01. The molecule has 0 bridgehead atoms. The number of esters is 1.